The van der Waals surface area contributed by atoms with Crippen molar-refractivity contribution in [1.82, 2.24) is 10.1 Å². The fourth-order valence-corrected chi connectivity index (χ4v) is 2.57. The first-order valence-electron chi connectivity index (χ1n) is 7.30. The van der Waals surface area contributed by atoms with E-state index >= 15 is 0 Å². The lowest BCUT2D eigenvalue weighted by Crippen LogP contribution is -2.49. The van der Waals surface area contributed by atoms with E-state index in [-0.39, 0.29) is 30.3 Å². The fourth-order valence-electron chi connectivity index (χ4n) is 2.57. The van der Waals surface area contributed by atoms with Crippen LogP contribution in [0.5, 0.6) is 0 Å². The topological polar surface area (TPSA) is 86.8 Å². The second-order valence-electron chi connectivity index (χ2n) is 6.99. The van der Waals surface area contributed by atoms with Gasteiger partial charge in [0.25, 0.3) is 0 Å². The van der Waals surface area contributed by atoms with Crippen molar-refractivity contribution in [3.05, 3.63) is 17.5 Å². The van der Waals surface area contributed by atoms with Crippen LogP contribution in [0.1, 0.15) is 51.0 Å². The number of carbonyl (C=O) groups excluding carboxylic acids is 1. The van der Waals surface area contributed by atoms with Crippen LogP contribution in [0.3, 0.4) is 0 Å². The van der Waals surface area contributed by atoms with Crippen LogP contribution in [0.15, 0.2) is 10.6 Å². The van der Waals surface area contributed by atoms with E-state index in [1.165, 1.54) is 0 Å². The minimum Gasteiger partial charge on any atom is -0.393 e. The number of likely N-dealkylation sites (tertiary alicyclic amines) is 1. The number of amides is 1. The molecule has 1 atom stereocenters. The third-order valence-electron chi connectivity index (χ3n) is 3.64. The molecule has 21 heavy (non-hydrogen) atoms. The third kappa shape index (κ3) is 4.28. The number of hydrogen-bond donors (Lipinski definition) is 2. The summed E-state index contributed by atoms with van der Waals surface area (Å²) in [6.45, 7) is 7.16. The van der Waals surface area contributed by atoms with Crippen molar-refractivity contribution in [3.63, 3.8) is 0 Å². The molecule has 0 saturated carbocycles. The third-order valence-corrected chi connectivity index (χ3v) is 3.64. The van der Waals surface area contributed by atoms with E-state index in [9.17, 15) is 9.90 Å². The number of hydrogen-bond acceptors (Lipinski definition) is 5. The van der Waals surface area contributed by atoms with Gasteiger partial charge in [0.2, 0.25) is 5.91 Å². The van der Waals surface area contributed by atoms with Gasteiger partial charge in [-0.05, 0) is 11.8 Å². The molecule has 2 rings (SSSR count). The van der Waals surface area contributed by atoms with Gasteiger partial charge in [0, 0.05) is 25.1 Å². The maximum Gasteiger partial charge on any atom is 0.225 e. The lowest BCUT2D eigenvalue weighted by Gasteiger charge is -2.38. The molecular formula is C15H24N2O4. The summed E-state index contributed by atoms with van der Waals surface area (Å²) in [7, 11) is 0. The second kappa shape index (κ2) is 6.15. The average molecular weight is 296 g/mol. The summed E-state index contributed by atoms with van der Waals surface area (Å²) in [6.07, 6.45) is 0.189. The first kappa shape index (κ1) is 16.0. The van der Waals surface area contributed by atoms with Gasteiger partial charge in [-0.25, -0.2) is 0 Å². The van der Waals surface area contributed by atoms with Gasteiger partial charge in [0.15, 0.2) is 5.76 Å². The molecule has 1 saturated heterocycles. The zero-order chi connectivity index (χ0) is 15.6. The van der Waals surface area contributed by atoms with Crippen molar-refractivity contribution in [1.29, 1.82) is 0 Å². The van der Waals surface area contributed by atoms with Gasteiger partial charge in [0.1, 0.15) is 6.61 Å². The normalized spacial score (nSPS) is 17.7. The van der Waals surface area contributed by atoms with Gasteiger partial charge < -0.3 is 19.6 Å². The second-order valence-corrected chi connectivity index (χ2v) is 6.99. The van der Waals surface area contributed by atoms with E-state index in [1.54, 1.807) is 11.0 Å². The molecule has 0 radical (unpaired) electrons. The van der Waals surface area contributed by atoms with Crippen molar-refractivity contribution < 1.29 is 19.5 Å². The number of nitrogens with zero attached hydrogens (tertiary/aromatic N) is 2. The molecule has 1 aliphatic rings. The molecule has 1 unspecified atom stereocenters. The summed E-state index contributed by atoms with van der Waals surface area (Å²) in [4.78, 5) is 13.8. The van der Waals surface area contributed by atoms with Gasteiger partial charge >= 0.3 is 0 Å². The Balaban J connectivity index is 1.77. The van der Waals surface area contributed by atoms with Crippen LogP contribution < -0.4 is 0 Å². The molecule has 6 heteroatoms. The molecule has 6 nitrogen and oxygen atoms in total. The highest BCUT2D eigenvalue weighted by atomic mass is 16.5. The number of aliphatic hydroxyl groups is 2. The van der Waals surface area contributed by atoms with Gasteiger partial charge in [-0.3, -0.25) is 4.79 Å². The molecule has 1 aliphatic heterocycles. The van der Waals surface area contributed by atoms with Crippen LogP contribution in [0.2, 0.25) is 0 Å². The molecule has 0 bridgehead atoms. The average Bonchev–Trinajstić information content (AvgIpc) is 2.72. The summed E-state index contributed by atoms with van der Waals surface area (Å²) in [5, 5.41) is 22.8. The maximum absolute atomic E-state index is 12.0. The minimum absolute atomic E-state index is 0.0125. The largest absolute Gasteiger partial charge is 0.393 e. The monoisotopic (exact) mass is 296 g/mol. The molecular weight excluding hydrogens is 272 g/mol. The molecule has 1 aromatic heterocycles. The molecule has 1 amide bonds. The molecule has 1 fully saturated rings. The smallest absolute Gasteiger partial charge is 0.225 e. The summed E-state index contributed by atoms with van der Waals surface area (Å²) >= 11 is 0. The van der Waals surface area contributed by atoms with Crippen LogP contribution in [0.25, 0.3) is 0 Å². The van der Waals surface area contributed by atoms with E-state index in [1.807, 2.05) is 20.8 Å². The Bertz CT molecular complexity index is 486. The Morgan fingerprint density at radius 1 is 1.52 bits per heavy atom. The predicted molar refractivity (Wildman–Crippen MR) is 76.4 cm³/mol. The van der Waals surface area contributed by atoms with E-state index in [4.69, 9.17) is 9.63 Å². The Morgan fingerprint density at radius 3 is 2.71 bits per heavy atom. The molecule has 1 aromatic rings. The Hall–Kier alpha value is -1.40. The van der Waals surface area contributed by atoms with E-state index < -0.39 is 6.10 Å². The molecule has 2 N–H and O–H groups in total. The molecule has 0 spiro atoms. The zero-order valence-corrected chi connectivity index (χ0v) is 12.9. The van der Waals surface area contributed by atoms with Gasteiger partial charge in [-0.15, -0.1) is 0 Å². The molecule has 0 aliphatic carbocycles. The number of aromatic nitrogens is 1. The number of rotatable bonds is 5. The Morgan fingerprint density at radius 2 is 2.19 bits per heavy atom. The highest BCUT2D eigenvalue weighted by molar-refractivity contribution is 5.77. The summed E-state index contributed by atoms with van der Waals surface area (Å²) in [5.41, 5.74) is 0.789. The predicted octanol–water partition coefficient (Wildman–Crippen LogP) is 1.28. The summed E-state index contributed by atoms with van der Waals surface area (Å²) in [5.74, 6) is 0.585. The lowest BCUT2D eigenvalue weighted by atomic mass is 9.87. The summed E-state index contributed by atoms with van der Waals surface area (Å²) in [6, 6.07) is 1.72. The van der Waals surface area contributed by atoms with E-state index in [2.05, 4.69) is 5.16 Å². The highest BCUT2D eigenvalue weighted by Crippen LogP contribution is 2.28. The molecule has 0 aromatic carbocycles. The van der Waals surface area contributed by atoms with E-state index in [0.717, 1.165) is 5.69 Å². The van der Waals surface area contributed by atoms with Crippen LogP contribution in [0, 0.1) is 5.41 Å². The Kier molecular flexibility index (Phi) is 4.68. The first-order valence-corrected chi connectivity index (χ1v) is 7.30. The fraction of sp³-hybridized carbons (Fsp3) is 0.733. The maximum atomic E-state index is 12.0. The number of aliphatic hydroxyl groups excluding tert-OH is 2. The number of carbonyl (C=O) groups is 1. The van der Waals surface area contributed by atoms with Crippen molar-refractivity contribution in [3.8, 4) is 0 Å². The van der Waals surface area contributed by atoms with Gasteiger partial charge in [-0.2, -0.15) is 0 Å². The van der Waals surface area contributed by atoms with Crippen LogP contribution in [0.4, 0.5) is 0 Å². The van der Waals surface area contributed by atoms with Gasteiger partial charge in [-0.1, -0.05) is 25.9 Å². The van der Waals surface area contributed by atoms with Crippen LogP contribution >= 0.6 is 0 Å². The lowest BCUT2D eigenvalue weighted by molar-refractivity contribution is -0.138. The van der Waals surface area contributed by atoms with Crippen LogP contribution in [-0.2, 0) is 11.4 Å². The highest BCUT2D eigenvalue weighted by Gasteiger charge is 2.34. The zero-order valence-electron chi connectivity index (χ0n) is 12.9. The van der Waals surface area contributed by atoms with Crippen molar-refractivity contribution in [2.24, 2.45) is 5.41 Å². The standard InChI is InChI=1S/C15H24N2O4/c1-15(2,3)6-11(19)4-14(20)17-7-10(8-17)13-5-12(9-18)21-16-13/h5,10-11,18-19H,4,6-9H2,1-3H3. The van der Waals surface area contributed by atoms with Crippen molar-refractivity contribution >= 4 is 5.91 Å². The SMILES string of the molecule is CC(C)(C)CC(O)CC(=O)N1CC(c2cc(CO)on2)C1. The molecule has 118 valence electrons. The quantitative estimate of drug-likeness (QED) is 0.854. The van der Waals surface area contributed by atoms with Crippen molar-refractivity contribution in [2.75, 3.05) is 13.1 Å². The first-order chi connectivity index (χ1) is 9.78. The summed E-state index contributed by atoms with van der Waals surface area (Å²) < 4.78 is 4.94. The minimum atomic E-state index is -0.593. The van der Waals surface area contributed by atoms with E-state index in [0.29, 0.717) is 25.3 Å². The van der Waals surface area contributed by atoms with Crippen LogP contribution in [-0.4, -0.2) is 45.4 Å². The van der Waals surface area contributed by atoms with Gasteiger partial charge in [0.05, 0.1) is 18.2 Å². The molecule has 2 heterocycles. The van der Waals surface area contributed by atoms with Crippen molar-refractivity contribution in [2.45, 2.75) is 52.2 Å². The Labute approximate surface area is 124 Å².